The molecule has 0 radical (unpaired) electrons. The third kappa shape index (κ3) is 7.12. The summed E-state index contributed by atoms with van der Waals surface area (Å²) in [5.41, 5.74) is 5.60. The van der Waals surface area contributed by atoms with Crippen LogP contribution in [0.3, 0.4) is 0 Å². The number of benzene rings is 2. The molecule has 1 N–H and O–H groups in total. The van der Waals surface area contributed by atoms with Crippen LogP contribution in [0.15, 0.2) is 55.0 Å². The van der Waals surface area contributed by atoms with Gasteiger partial charge in [-0.15, -0.1) is 12.4 Å². The van der Waals surface area contributed by atoms with Crippen LogP contribution in [0.1, 0.15) is 12.8 Å². The van der Waals surface area contributed by atoms with E-state index in [1.54, 1.807) is 14.2 Å². The molecule has 224 valence electrons. The monoisotopic (exact) mass is 593 g/mol. The van der Waals surface area contributed by atoms with Crippen molar-refractivity contribution in [1.29, 1.82) is 0 Å². The molecule has 1 aliphatic carbocycles. The van der Waals surface area contributed by atoms with Gasteiger partial charge in [-0.25, -0.2) is 4.98 Å². The number of ether oxygens (including phenoxy) is 2. The van der Waals surface area contributed by atoms with Gasteiger partial charge in [-0.05, 0) is 37.0 Å². The van der Waals surface area contributed by atoms with E-state index < -0.39 is 0 Å². The molecule has 10 nitrogen and oxygen atoms in total. The molecular formula is C31H40ClN7O3. The summed E-state index contributed by atoms with van der Waals surface area (Å²) in [6.07, 6.45) is 8.27. The molecule has 1 saturated heterocycles. The van der Waals surface area contributed by atoms with Gasteiger partial charge in [0.15, 0.2) is 0 Å². The number of piperazine rings is 1. The summed E-state index contributed by atoms with van der Waals surface area (Å²) in [4.78, 5) is 16.8. The molecule has 1 aliphatic heterocycles. The van der Waals surface area contributed by atoms with E-state index in [0.717, 1.165) is 97.5 Å². The quantitative estimate of drug-likeness (QED) is 0.261. The van der Waals surface area contributed by atoms with E-state index in [1.807, 2.05) is 29.2 Å². The fourth-order valence-electron chi connectivity index (χ4n) is 5.41. The molecule has 2 fully saturated rings. The molecule has 0 atom stereocenters. The van der Waals surface area contributed by atoms with E-state index in [1.165, 1.54) is 12.8 Å². The highest BCUT2D eigenvalue weighted by Crippen LogP contribution is 2.38. The predicted octanol–water partition coefficient (Wildman–Crippen LogP) is 4.09. The molecule has 0 unspecified atom stereocenters. The molecule has 1 saturated carbocycles. The van der Waals surface area contributed by atoms with Crippen molar-refractivity contribution in [3.63, 3.8) is 0 Å². The first kappa shape index (κ1) is 30.0. The van der Waals surface area contributed by atoms with Crippen LogP contribution in [0, 0.1) is 5.92 Å². The smallest absolute Gasteiger partial charge is 0.124 e. The van der Waals surface area contributed by atoms with E-state index in [9.17, 15) is 0 Å². The average Bonchev–Trinajstić information content (AvgIpc) is 3.72. The van der Waals surface area contributed by atoms with Crippen LogP contribution >= 0.6 is 12.4 Å². The third-order valence-corrected chi connectivity index (χ3v) is 8.08. The van der Waals surface area contributed by atoms with Crippen molar-refractivity contribution in [2.75, 3.05) is 71.5 Å². The summed E-state index contributed by atoms with van der Waals surface area (Å²) in [6.45, 7) is 7.74. The number of nitrogens with zero attached hydrogens (tertiary/aromatic N) is 7. The number of anilines is 2. The molecule has 2 aromatic heterocycles. The molecule has 6 rings (SSSR count). The van der Waals surface area contributed by atoms with Gasteiger partial charge in [0.2, 0.25) is 0 Å². The maximum Gasteiger partial charge on any atom is 0.124 e. The number of hydrogen-bond donors (Lipinski definition) is 1. The molecule has 42 heavy (non-hydrogen) atoms. The van der Waals surface area contributed by atoms with Crippen LogP contribution in [0.4, 0.5) is 11.4 Å². The Bertz CT molecular complexity index is 1450. The Balaban J connectivity index is 0.00000353. The Kier molecular flexibility index (Phi) is 9.79. The fourth-order valence-corrected chi connectivity index (χ4v) is 5.41. The normalized spacial score (nSPS) is 15.9. The van der Waals surface area contributed by atoms with E-state index in [4.69, 9.17) is 24.5 Å². The van der Waals surface area contributed by atoms with Crippen LogP contribution in [-0.2, 0) is 6.54 Å². The highest BCUT2D eigenvalue weighted by Gasteiger charge is 2.26. The van der Waals surface area contributed by atoms with Crippen molar-refractivity contribution in [2.24, 2.45) is 5.92 Å². The second-order valence-electron chi connectivity index (χ2n) is 11.0. The Morgan fingerprint density at radius 1 is 0.857 bits per heavy atom. The molecule has 0 amide bonds. The minimum absolute atomic E-state index is 0. The zero-order valence-electron chi connectivity index (χ0n) is 24.4. The van der Waals surface area contributed by atoms with Crippen LogP contribution in [0.2, 0.25) is 0 Å². The van der Waals surface area contributed by atoms with Gasteiger partial charge in [0, 0.05) is 87.1 Å². The first-order chi connectivity index (χ1) is 20.1. The Hall–Kier alpha value is -3.44. The molecular weight excluding hydrogens is 554 g/mol. The zero-order valence-corrected chi connectivity index (χ0v) is 25.2. The van der Waals surface area contributed by atoms with Gasteiger partial charge in [0.25, 0.3) is 0 Å². The lowest BCUT2D eigenvalue weighted by Crippen LogP contribution is -2.47. The molecule has 3 heterocycles. The average molecular weight is 594 g/mol. The van der Waals surface area contributed by atoms with E-state index in [2.05, 4.69) is 50.3 Å². The molecule has 2 aliphatic rings. The maximum atomic E-state index is 9.16. The molecule has 2 aromatic carbocycles. The minimum atomic E-state index is 0. The second kappa shape index (κ2) is 13.7. The lowest BCUT2D eigenvalue weighted by atomic mass is 10.1. The number of aliphatic hydroxyl groups is 1. The van der Waals surface area contributed by atoms with Crippen molar-refractivity contribution in [2.45, 2.75) is 19.4 Å². The van der Waals surface area contributed by atoms with Crippen molar-refractivity contribution in [1.82, 2.24) is 29.5 Å². The lowest BCUT2D eigenvalue weighted by molar-refractivity contribution is 0.109. The number of rotatable bonds is 12. The number of halogens is 1. The van der Waals surface area contributed by atoms with Crippen molar-refractivity contribution >= 4 is 34.8 Å². The van der Waals surface area contributed by atoms with Gasteiger partial charge < -0.3 is 19.5 Å². The van der Waals surface area contributed by atoms with Gasteiger partial charge in [0.05, 0.1) is 56.5 Å². The number of aliphatic hydroxyl groups excluding tert-OH is 1. The summed E-state index contributed by atoms with van der Waals surface area (Å²) < 4.78 is 13.1. The standard InChI is InChI=1S/C31H39N7O3.ClH/c1-40-27-15-26(16-28(18-27)41-2)38(21-23-3-4-23)25-5-6-29-30(17-25)34-31(20-32-29)24-19-33-37(22-24)12-11-35-7-9-36(10-8-35)13-14-39;/h5-6,15-20,22-23,39H,3-4,7-14,21H2,1-2H3;1H. The number of hydrogen-bond acceptors (Lipinski definition) is 9. The van der Waals surface area contributed by atoms with Gasteiger partial charge in [0.1, 0.15) is 11.5 Å². The van der Waals surface area contributed by atoms with Crippen molar-refractivity contribution in [3.05, 3.63) is 55.0 Å². The van der Waals surface area contributed by atoms with Crippen molar-refractivity contribution < 1.29 is 14.6 Å². The summed E-state index contributed by atoms with van der Waals surface area (Å²) in [5, 5.41) is 13.8. The van der Waals surface area contributed by atoms with Crippen LogP contribution in [0.25, 0.3) is 22.3 Å². The highest BCUT2D eigenvalue weighted by molar-refractivity contribution is 5.85. The minimum Gasteiger partial charge on any atom is -0.497 e. The van der Waals surface area contributed by atoms with Crippen LogP contribution in [-0.4, -0.2) is 101 Å². The highest BCUT2D eigenvalue weighted by atomic mass is 35.5. The number of fused-ring (bicyclic) bond motifs is 1. The SMILES string of the molecule is COc1cc(OC)cc(N(CC2CC2)c2ccc3ncc(-c4cnn(CCN5CCN(CCO)CC5)c4)nc3c2)c1.Cl. The Morgan fingerprint density at radius 3 is 2.24 bits per heavy atom. The maximum absolute atomic E-state index is 9.16. The number of β-amino-alcohol motifs (C(OH)–C–C–N with tert-alkyl or cyclic N) is 1. The van der Waals surface area contributed by atoms with Crippen LogP contribution < -0.4 is 14.4 Å². The summed E-state index contributed by atoms with van der Waals surface area (Å²) in [6, 6.07) is 12.3. The van der Waals surface area contributed by atoms with Crippen molar-refractivity contribution in [3.8, 4) is 22.8 Å². The molecule has 4 aromatic rings. The van der Waals surface area contributed by atoms with Gasteiger partial charge in [-0.3, -0.25) is 19.5 Å². The van der Waals surface area contributed by atoms with E-state index in [0.29, 0.717) is 5.92 Å². The molecule has 11 heteroatoms. The molecule has 0 bridgehead atoms. The summed E-state index contributed by atoms with van der Waals surface area (Å²) in [7, 11) is 3.36. The number of aromatic nitrogens is 4. The Morgan fingerprint density at radius 2 is 1.57 bits per heavy atom. The van der Waals surface area contributed by atoms with Gasteiger partial charge in [-0.2, -0.15) is 5.10 Å². The second-order valence-corrected chi connectivity index (χ2v) is 11.0. The van der Waals surface area contributed by atoms with Crippen LogP contribution in [0.5, 0.6) is 11.5 Å². The Labute approximate surface area is 253 Å². The zero-order chi connectivity index (χ0) is 28.2. The first-order valence-corrected chi connectivity index (χ1v) is 14.5. The lowest BCUT2D eigenvalue weighted by Gasteiger charge is -2.34. The predicted molar refractivity (Wildman–Crippen MR) is 167 cm³/mol. The molecule has 0 spiro atoms. The third-order valence-electron chi connectivity index (χ3n) is 8.08. The van der Waals surface area contributed by atoms with Gasteiger partial charge in [-0.1, -0.05) is 0 Å². The largest absolute Gasteiger partial charge is 0.497 e. The first-order valence-electron chi connectivity index (χ1n) is 14.5. The fraction of sp³-hybridized carbons (Fsp3) is 0.452. The van der Waals surface area contributed by atoms with E-state index >= 15 is 0 Å². The topological polar surface area (TPSA) is 92.0 Å². The summed E-state index contributed by atoms with van der Waals surface area (Å²) in [5.74, 6) is 2.21. The summed E-state index contributed by atoms with van der Waals surface area (Å²) >= 11 is 0. The van der Waals surface area contributed by atoms with E-state index in [-0.39, 0.29) is 19.0 Å². The number of methoxy groups -OCH3 is 2. The van der Waals surface area contributed by atoms with Gasteiger partial charge >= 0.3 is 0 Å².